The number of nitrogens with zero attached hydrogens (tertiary/aromatic N) is 2. The van der Waals surface area contributed by atoms with E-state index in [9.17, 15) is 9.59 Å². The van der Waals surface area contributed by atoms with Gasteiger partial charge < -0.3 is 14.2 Å². The van der Waals surface area contributed by atoms with Gasteiger partial charge in [-0.1, -0.05) is 31.7 Å². The number of methoxy groups -OCH3 is 1. The van der Waals surface area contributed by atoms with Crippen LogP contribution in [0.25, 0.3) is 0 Å². The van der Waals surface area contributed by atoms with Gasteiger partial charge in [0.25, 0.3) is 0 Å². The lowest BCUT2D eigenvalue weighted by Crippen LogP contribution is -2.40. The van der Waals surface area contributed by atoms with E-state index in [0.717, 1.165) is 12.0 Å². The normalized spacial score (nSPS) is 20.7. The summed E-state index contributed by atoms with van der Waals surface area (Å²) in [6.45, 7) is 10.5. The van der Waals surface area contributed by atoms with E-state index in [1.54, 1.807) is 25.9 Å². The Kier molecular flexibility index (Phi) is 7.30. The minimum atomic E-state index is -0.630. The highest BCUT2D eigenvalue weighted by Gasteiger charge is 2.46. The molecule has 0 saturated carbocycles. The van der Waals surface area contributed by atoms with E-state index < -0.39 is 12.0 Å². The molecule has 3 rings (SSSR count). The summed E-state index contributed by atoms with van der Waals surface area (Å²) in [5.74, 6) is 1.16. The molecular formula is C23H30N2O5S. The number of esters is 1. The Labute approximate surface area is 187 Å². The molecule has 0 N–H and O–H groups in total. The number of benzene rings is 1. The summed E-state index contributed by atoms with van der Waals surface area (Å²) in [4.78, 5) is 32.0. The number of aliphatic imine (C=N–C) groups is 1. The van der Waals surface area contributed by atoms with Crippen molar-refractivity contribution < 1.29 is 23.8 Å². The lowest BCUT2D eigenvalue weighted by atomic mass is 9.94. The molecule has 168 valence electrons. The van der Waals surface area contributed by atoms with Crippen LogP contribution in [0, 0.1) is 5.92 Å². The van der Waals surface area contributed by atoms with Gasteiger partial charge in [-0.3, -0.25) is 9.69 Å². The molecule has 0 spiro atoms. The molecule has 8 heteroatoms. The molecule has 0 radical (unpaired) electrons. The highest BCUT2D eigenvalue weighted by Crippen LogP contribution is 2.44. The largest absolute Gasteiger partial charge is 0.493 e. The number of amidine groups is 1. The number of allylic oxidation sites excluding steroid dienone is 1. The van der Waals surface area contributed by atoms with E-state index in [2.05, 4.69) is 18.8 Å². The van der Waals surface area contributed by atoms with Crippen LogP contribution in [0.15, 0.2) is 34.5 Å². The van der Waals surface area contributed by atoms with E-state index in [-0.39, 0.29) is 17.8 Å². The zero-order chi connectivity index (χ0) is 22.7. The third-order valence-electron chi connectivity index (χ3n) is 5.21. The van der Waals surface area contributed by atoms with Crippen molar-refractivity contribution in [1.29, 1.82) is 0 Å². The molecule has 0 aromatic heterocycles. The Morgan fingerprint density at radius 2 is 2.03 bits per heavy atom. The molecule has 1 aromatic rings. The van der Waals surface area contributed by atoms with Crippen LogP contribution in [0.2, 0.25) is 0 Å². The van der Waals surface area contributed by atoms with Crippen LogP contribution < -0.4 is 9.47 Å². The lowest BCUT2D eigenvalue weighted by Gasteiger charge is -2.33. The standard InChI is InChI=1S/C23H30N2O5S/c1-7-29-22(27)19-14(4)24-23-25(21(26)15(5)31-23)20(19)16-8-9-17(18(12-16)28-6)30-11-10-13(2)3/h8-9,12-13,15,20H,7,10-11H2,1-6H3. The first-order valence-corrected chi connectivity index (χ1v) is 11.4. The molecule has 2 unspecified atom stereocenters. The third-order valence-corrected chi connectivity index (χ3v) is 6.26. The minimum absolute atomic E-state index is 0.0840. The second-order valence-corrected chi connectivity index (χ2v) is 9.23. The van der Waals surface area contributed by atoms with Crippen LogP contribution >= 0.6 is 11.8 Å². The first-order valence-electron chi connectivity index (χ1n) is 10.6. The quantitative estimate of drug-likeness (QED) is 0.553. The Morgan fingerprint density at radius 3 is 2.68 bits per heavy atom. The van der Waals surface area contributed by atoms with Crippen LogP contribution in [-0.2, 0) is 14.3 Å². The summed E-state index contributed by atoms with van der Waals surface area (Å²) >= 11 is 1.40. The summed E-state index contributed by atoms with van der Waals surface area (Å²) in [6.07, 6.45) is 0.930. The molecule has 1 amide bonds. The number of rotatable bonds is 8. The Morgan fingerprint density at radius 1 is 1.29 bits per heavy atom. The molecule has 1 saturated heterocycles. The maximum Gasteiger partial charge on any atom is 0.338 e. The van der Waals surface area contributed by atoms with Crippen molar-refractivity contribution in [3.63, 3.8) is 0 Å². The van der Waals surface area contributed by atoms with Gasteiger partial charge in [-0.25, -0.2) is 9.79 Å². The molecule has 1 fully saturated rings. The summed E-state index contributed by atoms with van der Waals surface area (Å²) in [5.41, 5.74) is 1.66. The maximum atomic E-state index is 13.0. The zero-order valence-electron chi connectivity index (χ0n) is 18.9. The van der Waals surface area contributed by atoms with Crippen molar-refractivity contribution in [2.24, 2.45) is 10.9 Å². The molecule has 1 aromatic carbocycles. The van der Waals surface area contributed by atoms with Gasteiger partial charge in [0.15, 0.2) is 16.7 Å². The first-order chi connectivity index (χ1) is 14.8. The van der Waals surface area contributed by atoms with Crippen LogP contribution in [-0.4, -0.2) is 47.5 Å². The lowest BCUT2D eigenvalue weighted by molar-refractivity contribution is -0.139. The Hall–Kier alpha value is -2.48. The van der Waals surface area contributed by atoms with E-state index >= 15 is 0 Å². The number of carbonyl (C=O) groups is 2. The number of thioether (sulfide) groups is 1. The van der Waals surface area contributed by atoms with E-state index in [1.807, 2.05) is 25.1 Å². The predicted molar refractivity (Wildman–Crippen MR) is 121 cm³/mol. The van der Waals surface area contributed by atoms with Crippen molar-refractivity contribution in [2.75, 3.05) is 20.3 Å². The van der Waals surface area contributed by atoms with Gasteiger partial charge in [0.05, 0.1) is 42.9 Å². The molecule has 7 nitrogen and oxygen atoms in total. The number of fused-ring (bicyclic) bond motifs is 1. The molecule has 31 heavy (non-hydrogen) atoms. The van der Waals surface area contributed by atoms with Gasteiger partial charge >= 0.3 is 5.97 Å². The highest BCUT2D eigenvalue weighted by atomic mass is 32.2. The average Bonchev–Trinajstić information content (AvgIpc) is 3.00. The fourth-order valence-corrected chi connectivity index (χ4v) is 4.60. The Bertz CT molecular complexity index is 925. The van der Waals surface area contributed by atoms with Gasteiger partial charge in [0.1, 0.15) is 0 Å². The third kappa shape index (κ3) is 4.74. The number of hydrogen-bond acceptors (Lipinski definition) is 7. The highest BCUT2D eigenvalue weighted by molar-refractivity contribution is 8.15. The zero-order valence-corrected chi connectivity index (χ0v) is 19.7. The van der Waals surface area contributed by atoms with Crippen LogP contribution in [0.1, 0.15) is 52.6 Å². The van der Waals surface area contributed by atoms with Crippen molar-refractivity contribution in [3.05, 3.63) is 35.0 Å². The van der Waals surface area contributed by atoms with E-state index in [1.165, 1.54) is 11.8 Å². The molecule has 0 aliphatic carbocycles. The van der Waals surface area contributed by atoms with Gasteiger partial charge in [-0.05, 0) is 50.8 Å². The fourth-order valence-electron chi connectivity index (χ4n) is 3.57. The van der Waals surface area contributed by atoms with Crippen molar-refractivity contribution in [1.82, 2.24) is 4.90 Å². The SMILES string of the molecule is CCOC(=O)C1=C(C)N=C2SC(C)C(=O)N2C1c1ccc(OCCC(C)C)c(OC)c1. The number of hydrogen-bond donors (Lipinski definition) is 0. The van der Waals surface area contributed by atoms with Gasteiger partial charge in [-0.15, -0.1) is 0 Å². The molecular weight excluding hydrogens is 416 g/mol. The predicted octanol–water partition coefficient (Wildman–Crippen LogP) is 4.33. The summed E-state index contributed by atoms with van der Waals surface area (Å²) in [7, 11) is 1.58. The molecule has 2 aliphatic heterocycles. The smallest absolute Gasteiger partial charge is 0.338 e. The van der Waals surface area contributed by atoms with Gasteiger partial charge in [-0.2, -0.15) is 0 Å². The minimum Gasteiger partial charge on any atom is -0.493 e. The summed E-state index contributed by atoms with van der Waals surface area (Å²) in [6, 6.07) is 4.89. The van der Waals surface area contributed by atoms with Crippen LogP contribution in [0.3, 0.4) is 0 Å². The van der Waals surface area contributed by atoms with Gasteiger partial charge in [0, 0.05) is 0 Å². The van der Waals surface area contributed by atoms with Crippen molar-refractivity contribution >= 4 is 28.8 Å². The second kappa shape index (κ2) is 9.77. The van der Waals surface area contributed by atoms with E-state index in [4.69, 9.17) is 14.2 Å². The van der Waals surface area contributed by atoms with E-state index in [0.29, 0.717) is 40.5 Å². The second-order valence-electron chi connectivity index (χ2n) is 7.93. The number of ether oxygens (including phenoxy) is 3. The molecule has 0 bridgehead atoms. The fraction of sp³-hybridized carbons (Fsp3) is 0.522. The van der Waals surface area contributed by atoms with Gasteiger partial charge in [0.2, 0.25) is 5.91 Å². The Balaban J connectivity index is 2.03. The molecule has 2 aliphatic rings. The van der Waals surface area contributed by atoms with Crippen LogP contribution in [0.4, 0.5) is 0 Å². The number of carbonyl (C=O) groups excluding carboxylic acids is 2. The maximum absolute atomic E-state index is 13.0. The molecule has 2 atom stereocenters. The molecule has 2 heterocycles. The summed E-state index contributed by atoms with van der Waals surface area (Å²) in [5, 5.41) is 0.334. The first kappa shape index (κ1) is 23.2. The summed E-state index contributed by atoms with van der Waals surface area (Å²) < 4.78 is 16.8. The topological polar surface area (TPSA) is 77.4 Å². The van der Waals surface area contributed by atoms with Crippen molar-refractivity contribution in [2.45, 2.75) is 52.3 Å². The van der Waals surface area contributed by atoms with Crippen molar-refractivity contribution in [3.8, 4) is 11.5 Å². The average molecular weight is 447 g/mol. The van der Waals surface area contributed by atoms with Crippen LogP contribution in [0.5, 0.6) is 11.5 Å². The monoisotopic (exact) mass is 446 g/mol. The number of amides is 1.